The highest BCUT2D eigenvalue weighted by Crippen LogP contribution is 2.30. The van der Waals surface area contributed by atoms with Gasteiger partial charge in [0.1, 0.15) is 12.0 Å². The molecule has 3 heteroatoms. The monoisotopic (exact) mass is 709 g/mol. The molecule has 0 spiro atoms. The van der Waals surface area contributed by atoms with Gasteiger partial charge in [0.2, 0.25) is 0 Å². The van der Waals surface area contributed by atoms with Gasteiger partial charge in [-0.05, 0) is 25.7 Å². The molecule has 0 saturated heterocycles. The lowest BCUT2D eigenvalue weighted by atomic mass is 10.1. The van der Waals surface area contributed by atoms with Crippen molar-refractivity contribution in [1.82, 2.24) is 0 Å². The first kappa shape index (κ1) is 46.2. The van der Waals surface area contributed by atoms with Crippen molar-refractivity contribution in [3.05, 3.63) is 158 Å². The summed E-state index contributed by atoms with van der Waals surface area (Å²) >= 11 is 0. The number of ether oxygens (including phenoxy) is 2. The number of unbranched alkanes of at least 4 members (excludes halogenated alkanes) is 16. The molecule has 0 bridgehead atoms. The first-order valence-electron chi connectivity index (χ1n) is 20.4. The lowest BCUT2D eigenvalue weighted by Crippen LogP contribution is -2.24. The van der Waals surface area contributed by atoms with Crippen molar-refractivity contribution in [2.24, 2.45) is 0 Å². The maximum atomic E-state index is 9.32. The van der Waals surface area contributed by atoms with Gasteiger partial charge in [0.05, 0.1) is 6.61 Å². The molecule has 3 nitrogen and oxygen atoms in total. The molecule has 0 saturated carbocycles. The lowest BCUT2D eigenvalue weighted by molar-refractivity contribution is -0.0665. The summed E-state index contributed by atoms with van der Waals surface area (Å²) in [5.74, 6) is -0.419. The molecule has 1 heterocycles. The predicted molar refractivity (Wildman–Crippen MR) is 229 cm³/mol. The number of aliphatic hydroxyl groups excluding tert-OH is 1. The van der Waals surface area contributed by atoms with Gasteiger partial charge in [-0.3, -0.25) is 0 Å². The van der Waals surface area contributed by atoms with Crippen molar-refractivity contribution in [1.29, 1.82) is 0 Å². The molecule has 0 aromatic rings. The van der Waals surface area contributed by atoms with Gasteiger partial charge >= 0.3 is 0 Å². The molecule has 1 rings (SSSR count). The van der Waals surface area contributed by atoms with Crippen molar-refractivity contribution in [2.75, 3.05) is 6.61 Å². The second kappa shape index (κ2) is 37.0. The van der Waals surface area contributed by atoms with Gasteiger partial charge in [0.25, 0.3) is 5.79 Å². The fraction of sp³-hybridized carbons (Fsp3) is 0.469. The molecule has 0 atom stereocenters. The van der Waals surface area contributed by atoms with Crippen LogP contribution in [0.5, 0.6) is 0 Å². The van der Waals surface area contributed by atoms with Crippen LogP contribution in [-0.4, -0.2) is 17.5 Å². The highest BCUT2D eigenvalue weighted by Gasteiger charge is 2.32. The molecule has 0 aliphatic carbocycles. The standard InChI is InChI=1S/C49H72O3/c1-3-5-7-9-11-13-15-17-19-21-23-25-27-29-31-33-35-37-39-41-44-49(51-47-48(52-49)43-46-50)45-42-40-38-36-34-32-30-28-26-24-22-20-18-16-14-12-10-8-6-4-2/h21-42,44-45,47,50H,3-20,43,46H2,1-2H3. The minimum absolute atomic E-state index is 0.00466. The average Bonchev–Trinajstić information content (AvgIpc) is 3.55. The van der Waals surface area contributed by atoms with Gasteiger partial charge in [-0.15, -0.1) is 0 Å². The SMILES string of the molecule is CCCCCCCCCCC=CC=CC=CC=CC=CC=CC1(C=CC=CC=CC=CC=CC=CCCCCCCCCCC)OC=C(CCO)O1. The van der Waals surface area contributed by atoms with E-state index < -0.39 is 5.79 Å². The third-order valence-electron chi connectivity index (χ3n) is 8.40. The molecule has 0 radical (unpaired) electrons. The van der Waals surface area contributed by atoms with Crippen LogP contribution in [0.1, 0.15) is 136 Å². The van der Waals surface area contributed by atoms with E-state index in [4.69, 9.17) is 9.47 Å². The Morgan fingerprint density at radius 1 is 0.442 bits per heavy atom. The molecule has 0 aromatic heterocycles. The van der Waals surface area contributed by atoms with Gasteiger partial charge in [-0.25, -0.2) is 0 Å². The molecule has 52 heavy (non-hydrogen) atoms. The van der Waals surface area contributed by atoms with Crippen LogP contribution < -0.4 is 0 Å². The summed E-state index contributed by atoms with van der Waals surface area (Å²) in [6, 6.07) is 0. The zero-order valence-electron chi connectivity index (χ0n) is 32.8. The van der Waals surface area contributed by atoms with Gasteiger partial charge in [0.15, 0.2) is 0 Å². The van der Waals surface area contributed by atoms with Crippen LogP contribution in [0.3, 0.4) is 0 Å². The van der Waals surface area contributed by atoms with Crippen molar-refractivity contribution < 1.29 is 14.6 Å². The van der Waals surface area contributed by atoms with E-state index in [9.17, 15) is 5.11 Å². The average molecular weight is 709 g/mol. The number of allylic oxidation sites excluding steroid dienone is 22. The van der Waals surface area contributed by atoms with Crippen molar-refractivity contribution >= 4 is 0 Å². The van der Waals surface area contributed by atoms with Crippen LogP contribution >= 0.6 is 0 Å². The van der Waals surface area contributed by atoms with E-state index >= 15 is 0 Å². The Morgan fingerprint density at radius 2 is 0.769 bits per heavy atom. The van der Waals surface area contributed by atoms with Crippen LogP contribution in [0.15, 0.2) is 158 Å². The molecular weight excluding hydrogens is 637 g/mol. The maximum Gasteiger partial charge on any atom is 0.290 e. The summed E-state index contributed by atoms with van der Waals surface area (Å²) in [4.78, 5) is 0. The quantitative estimate of drug-likeness (QED) is 0.0558. The Morgan fingerprint density at radius 3 is 1.13 bits per heavy atom. The van der Waals surface area contributed by atoms with Crippen LogP contribution in [0.4, 0.5) is 0 Å². The predicted octanol–water partition coefficient (Wildman–Crippen LogP) is 14.7. The highest BCUT2D eigenvalue weighted by atomic mass is 16.7. The summed E-state index contributed by atoms with van der Waals surface area (Å²) in [5.41, 5.74) is 0. The van der Waals surface area contributed by atoms with Crippen molar-refractivity contribution in [3.8, 4) is 0 Å². The third kappa shape index (κ3) is 29.9. The highest BCUT2D eigenvalue weighted by molar-refractivity contribution is 5.25. The van der Waals surface area contributed by atoms with Crippen LogP contribution in [-0.2, 0) is 9.47 Å². The van der Waals surface area contributed by atoms with Crippen molar-refractivity contribution in [2.45, 2.75) is 142 Å². The summed E-state index contributed by atoms with van der Waals surface area (Å²) < 4.78 is 11.9. The Bertz CT molecular complexity index is 1140. The second-order valence-corrected chi connectivity index (χ2v) is 13.2. The molecule has 0 aromatic carbocycles. The number of rotatable bonds is 32. The zero-order valence-corrected chi connectivity index (χ0v) is 32.8. The molecule has 1 aliphatic heterocycles. The fourth-order valence-electron chi connectivity index (χ4n) is 5.38. The van der Waals surface area contributed by atoms with E-state index in [1.165, 1.54) is 103 Å². The van der Waals surface area contributed by atoms with E-state index in [2.05, 4.69) is 62.5 Å². The topological polar surface area (TPSA) is 38.7 Å². The molecule has 286 valence electrons. The summed E-state index contributed by atoms with van der Waals surface area (Å²) in [6.07, 6.45) is 74.6. The summed E-state index contributed by atoms with van der Waals surface area (Å²) in [6.45, 7) is 4.55. The van der Waals surface area contributed by atoms with Gasteiger partial charge < -0.3 is 14.6 Å². The largest absolute Gasteiger partial charge is 0.450 e. The van der Waals surface area contributed by atoms with Gasteiger partial charge in [-0.1, -0.05) is 237 Å². The Balaban J connectivity index is 2.36. The fourth-order valence-corrected chi connectivity index (χ4v) is 5.38. The Kier molecular flexibility index (Phi) is 32.8. The first-order chi connectivity index (χ1) is 25.8. The number of aliphatic hydroxyl groups is 1. The van der Waals surface area contributed by atoms with E-state index in [0.29, 0.717) is 12.2 Å². The smallest absolute Gasteiger partial charge is 0.290 e. The maximum absolute atomic E-state index is 9.32. The van der Waals surface area contributed by atoms with E-state index in [-0.39, 0.29) is 6.61 Å². The van der Waals surface area contributed by atoms with Gasteiger partial charge in [-0.2, -0.15) is 0 Å². The van der Waals surface area contributed by atoms with Crippen LogP contribution in [0, 0.1) is 0 Å². The molecule has 1 aliphatic rings. The minimum Gasteiger partial charge on any atom is -0.450 e. The summed E-state index contributed by atoms with van der Waals surface area (Å²) in [7, 11) is 0. The van der Waals surface area contributed by atoms with E-state index in [1.54, 1.807) is 6.26 Å². The van der Waals surface area contributed by atoms with E-state index in [0.717, 1.165) is 12.8 Å². The molecule has 0 fully saturated rings. The minimum atomic E-state index is -1.04. The van der Waals surface area contributed by atoms with Gasteiger partial charge in [0, 0.05) is 18.6 Å². The number of hydrogen-bond acceptors (Lipinski definition) is 3. The van der Waals surface area contributed by atoms with Crippen molar-refractivity contribution in [3.63, 3.8) is 0 Å². The van der Waals surface area contributed by atoms with Crippen LogP contribution in [0.25, 0.3) is 0 Å². The first-order valence-corrected chi connectivity index (χ1v) is 20.4. The zero-order chi connectivity index (χ0) is 37.3. The molecule has 1 N–H and O–H groups in total. The lowest BCUT2D eigenvalue weighted by Gasteiger charge is -2.21. The second-order valence-electron chi connectivity index (χ2n) is 13.2. The van der Waals surface area contributed by atoms with Crippen LogP contribution in [0.2, 0.25) is 0 Å². The summed E-state index contributed by atoms with van der Waals surface area (Å²) in [5, 5.41) is 9.32. The molecule has 0 unspecified atom stereocenters. The van der Waals surface area contributed by atoms with E-state index in [1.807, 2.05) is 97.2 Å². The normalized spacial score (nSPS) is 17.5. The Labute approximate surface area is 319 Å². The third-order valence-corrected chi connectivity index (χ3v) is 8.40. The number of hydrogen-bond donors (Lipinski definition) is 1. The molecule has 0 amide bonds. The molecular formula is C49H72O3. The Hall–Kier alpha value is -3.82.